The van der Waals surface area contributed by atoms with E-state index in [9.17, 15) is 9.59 Å². The molecular formula is C20H20O7S. The Kier molecular flexibility index (Phi) is 9.32. The molecule has 28 heavy (non-hydrogen) atoms. The van der Waals surface area contributed by atoms with E-state index in [0.29, 0.717) is 23.5 Å². The lowest BCUT2D eigenvalue weighted by molar-refractivity contribution is 0.0597. The third-order valence-corrected chi connectivity index (χ3v) is 3.63. The van der Waals surface area contributed by atoms with Gasteiger partial charge in [0.25, 0.3) is 0 Å². The number of carbonyl (C=O) groups excluding carboxylic acids is 2. The van der Waals surface area contributed by atoms with Gasteiger partial charge in [0.05, 0.1) is 25.3 Å². The fourth-order valence-electron chi connectivity index (χ4n) is 2.35. The van der Waals surface area contributed by atoms with Gasteiger partial charge in [-0.2, -0.15) is 8.42 Å². The van der Waals surface area contributed by atoms with Gasteiger partial charge < -0.3 is 14.2 Å². The highest BCUT2D eigenvalue weighted by Crippen LogP contribution is 2.31. The Morgan fingerprint density at radius 1 is 1.04 bits per heavy atom. The Bertz CT molecular complexity index is 882. The van der Waals surface area contributed by atoms with Gasteiger partial charge in [-0.05, 0) is 37.6 Å². The van der Waals surface area contributed by atoms with Crippen LogP contribution in [0.4, 0.5) is 0 Å². The van der Waals surface area contributed by atoms with Crippen LogP contribution in [-0.4, -0.2) is 34.6 Å². The van der Waals surface area contributed by atoms with Crippen LogP contribution in [0.2, 0.25) is 0 Å². The Balaban J connectivity index is 0.00000122. The van der Waals surface area contributed by atoms with Gasteiger partial charge in [0.1, 0.15) is 11.5 Å². The molecule has 0 heterocycles. The van der Waals surface area contributed by atoms with E-state index < -0.39 is 23.5 Å². The van der Waals surface area contributed by atoms with Crippen LogP contribution in [-0.2, 0) is 27.5 Å². The second-order valence-electron chi connectivity index (χ2n) is 5.46. The van der Waals surface area contributed by atoms with Crippen LogP contribution >= 0.6 is 0 Å². The van der Waals surface area contributed by atoms with Crippen molar-refractivity contribution >= 4 is 23.5 Å². The number of hydrogen-bond donors (Lipinski definition) is 0. The molecule has 2 aromatic rings. The van der Waals surface area contributed by atoms with Crippen molar-refractivity contribution in [3.63, 3.8) is 0 Å². The molecule has 0 aliphatic heterocycles. The van der Waals surface area contributed by atoms with Crippen molar-refractivity contribution in [2.45, 2.75) is 13.3 Å². The molecule has 0 fully saturated rings. The van der Waals surface area contributed by atoms with Crippen LogP contribution in [0.3, 0.4) is 0 Å². The Hall–Kier alpha value is -3.26. The summed E-state index contributed by atoms with van der Waals surface area (Å²) in [7, 11) is 2.56. The standard InChI is InChI=1S/C20H20O5.O2S/c1-5-6-16-17(20(22)24-4)11-14(19(21)23-3)12-18(16)25-15-9-7-13(2)8-10-15;1-3-2/h5,7-12H,1,6H2,2-4H3;. The van der Waals surface area contributed by atoms with Crippen molar-refractivity contribution in [2.24, 2.45) is 0 Å². The van der Waals surface area contributed by atoms with E-state index in [4.69, 9.17) is 22.6 Å². The third-order valence-electron chi connectivity index (χ3n) is 3.63. The zero-order chi connectivity index (χ0) is 21.1. The molecule has 0 saturated heterocycles. The third kappa shape index (κ3) is 6.17. The largest absolute Gasteiger partial charge is 0.465 e. The quantitative estimate of drug-likeness (QED) is 0.538. The molecule has 0 spiro atoms. The highest BCUT2D eigenvalue weighted by atomic mass is 32.1. The summed E-state index contributed by atoms with van der Waals surface area (Å²) in [5, 5.41) is 0. The average molecular weight is 404 g/mol. The lowest BCUT2D eigenvalue weighted by Crippen LogP contribution is -2.11. The first-order valence-corrected chi connectivity index (χ1v) is 8.69. The minimum Gasteiger partial charge on any atom is -0.465 e. The fraction of sp³-hybridized carbons (Fsp3) is 0.200. The monoisotopic (exact) mass is 404 g/mol. The van der Waals surface area contributed by atoms with Crippen molar-refractivity contribution in [1.29, 1.82) is 0 Å². The minimum atomic E-state index is -0.750. The number of methoxy groups -OCH3 is 2. The van der Waals surface area contributed by atoms with Gasteiger partial charge >= 0.3 is 23.5 Å². The van der Waals surface area contributed by atoms with Crippen molar-refractivity contribution < 1.29 is 32.2 Å². The molecule has 2 aromatic carbocycles. The van der Waals surface area contributed by atoms with E-state index in [1.165, 1.54) is 20.3 Å². The van der Waals surface area contributed by atoms with E-state index in [-0.39, 0.29) is 11.1 Å². The van der Waals surface area contributed by atoms with Crippen LogP contribution < -0.4 is 4.74 Å². The molecule has 0 amide bonds. The molecule has 0 aliphatic rings. The minimum absolute atomic E-state index is 0.206. The first kappa shape index (κ1) is 22.8. The van der Waals surface area contributed by atoms with Crippen molar-refractivity contribution in [2.75, 3.05) is 14.2 Å². The maximum absolute atomic E-state index is 12.2. The molecule has 0 saturated carbocycles. The summed E-state index contributed by atoms with van der Waals surface area (Å²) >= 11 is -0.750. The smallest absolute Gasteiger partial charge is 0.338 e. The molecule has 148 valence electrons. The molecule has 0 atom stereocenters. The van der Waals surface area contributed by atoms with Gasteiger partial charge in [-0.25, -0.2) is 9.59 Å². The summed E-state index contributed by atoms with van der Waals surface area (Å²) in [6, 6.07) is 10.4. The van der Waals surface area contributed by atoms with Gasteiger partial charge in [-0.1, -0.05) is 23.8 Å². The second kappa shape index (κ2) is 11.5. The average Bonchev–Trinajstić information content (AvgIpc) is 2.70. The molecular weight excluding hydrogens is 384 g/mol. The Morgan fingerprint density at radius 3 is 2.11 bits per heavy atom. The number of hydrogen-bond acceptors (Lipinski definition) is 7. The molecule has 0 N–H and O–H groups in total. The van der Waals surface area contributed by atoms with Crippen molar-refractivity contribution in [3.8, 4) is 11.5 Å². The lowest BCUT2D eigenvalue weighted by atomic mass is 9.99. The molecule has 0 radical (unpaired) electrons. The number of carbonyl (C=O) groups is 2. The van der Waals surface area contributed by atoms with E-state index in [1.807, 2.05) is 31.2 Å². The number of rotatable bonds is 6. The van der Waals surface area contributed by atoms with Crippen molar-refractivity contribution in [3.05, 3.63) is 71.3 Å². The van der Waals surface area contributed by atoms with E-state index in [2.05, 4.69) is 6.58 Å². The topological polar surface area (TPSA) is 96.0 Å². The number of benzene rings is 2. The summed E-state index contributed by atoms with van der Waals surface area (Å²) in [6.45, 7) is 5.69. The van der Waals surface area contributed by atoms with Crippen LogP contribution in [0.5, 0.6) is 11.5 Å². The molecule has 7 nitrogen and oxygen atoms in total. The molecule has 0 aromatic heterocycles. The van der Waals surface area contributed by atoms with Gasteiger partial charge in [0.15, 0.2) is 0 Å². The first-order valence-electron chi connectivity index (χ1n) is 8.02. The molecule has 0 bridgehead atoms. The van der Waals surface area contributed by atoms with Crippen LogP contribution in [0, 0.1) is 6.92 Å². The van der Waals surface area contributed by atoms with E-state index in [1.54, 1.807) is 12.1 Å². The van der Waals surface area contributed by atoms with E-state index in [0.717, 1.165) is 5.56 Å². The van der Waals surface area contributed by atoms with Crippen LogP contribution in [0.1, 0.15) is 31.8 Å². The summed E-state index contributed by atoms with van der Waals surface area (Å²) in [5.41, 5.74) is 2.14. The Labute approximate surface area is 166 Å². The lowest BCUT2D eigenvalue weighted by Gasteiger charge is -2.15. The molecule has 8 heteroatoms. The molecule has 0 unspecified atom stereocenters. The van der Waals surface area contributed by atoms with Gasteiger partial charge in [-0.15, -0.1) is 6.58 Å². The number of esters is 2. The van der Waals surface area contributed by atoms with Crippen molar-refractivity contribution in [1.82, 2.24) is 0 Å². The predicted molar refractivity (Wildman–Crippen MR) is 103 cm³/mol. The maximum atomic E-state index is 12.2. The Morgan fingerprint density at radius 2 is 1.61 bits per heavy atom. The van der Waals surface area contributed by atoms with Gasteiger partial charge in [0, 0.05) is 5.56 Å². The normalized spacial score (nSPS) is 9.39. The van der Waals surface area contributed by atoms with Crippen LogP contribution in [0.25, 0.3) is 0 Å². The zero-order valence-electron chi connectivity index (χ0n) is 15.7. The summed E-state index contributed by atoms with van der Waals surface area (Å²) in [6.07, 6.45) is 2.04. The molecule has 0 aliphatic carbocycles. The summed E-state index contributed by atoms with van der Waals surface area (Å²) in [5.74, 6) is -0.152. The van der Waals surface area contributed by atoms with E-state index >= 15 is 0 Å². The van der Waals surface area contributed by atoms with Gasteiger partial charge in [-0.3, -0.25) is 0 Å². The SMILES string of the molecule is C=CCc1c(Oc2ccc(C)cc2)cc(C(=O)OC)cc1C(=O)OC.O=S=O. The first-order chi connectivity index (χ1) is 13.4. The number of aryl methyl sites for hydroxylation is 1. The van der Waals surface area contributed by atoms with Crippen LogP contribution in [0.15, 0.2) is 49.1 Å². The highest BCUT2D eigenvalue weighted by Gasteiger charge is 2.21. The summed E-state index contributed by atoms with van der Waals surface area (Å²) < 4.78 is 32.1. The number of ether oxygens (including phenoxy) is 3. The fourth-order valence-corrected chi connectivity index (χ4v) is 2.35. The molecule has 2 rings (SSSR count). The maximum Gasteiger partial charge on any atom is 0.338 e. The van der Waals surface area contributed by atoms with Gasteiger partial charge in [0.2, 0.25) is 0 Å². The zero-order valence-corrected chi connectivity index (χ0v) is 16.5. The highest BCUT2D eigenvalue weighted by molar-refractivity contribution is 7.51. The number of allylic oxidation sites excluding steroid dienone is 1. The summed E-state index contributed by atoms with van der Waals surface area (Å²) in [4.78, 5) is 24.1. The predicted octanol–water partition coefficient (Wildman–Crippen LogP) is 3.42. The second-order valence-corrected chi connectivity index (χ2v) is 5.60.